The van der Waals surface area contributed by atoms with Crippen LogP contribution in [0.1, 0.15) is 31.2 Å². The van der Waals surface area contributed by atoms with Gasteiger partial charge in [-0.25, -0.2) is 0 Å². The minimum absolute atomic E-state index is 0.0402. The third-order valence-electron chi connectivity index (χ3n) is 5.49. The molecule has 2 aromatic rings. The highest BCUT2D eigenvalue weighted by Crippen LogP contribution is 2.26. The van der Waals surface area contributed by atoms with E-state index in [4.69, 9.17) is 0 Å². The molecule has 0 unspecified atom stereocenters. The van der Waals surface area contributed by atoms with E-state index < -0.39 is 0 Å². The van der Waals surface area contributed by atoms with Crippen molar-refractivity contribution in [3.8, 4) is 0 Å². The molecule has 5 heteroatoms. The van der Waals surface area contributed by atoms with Crippen LogP contribution >= 0.6 is 0 Å². The van der Waals surface area contributed by atoms with Crippen LogP contribution in [0.15, 0.2) is 48.8 Å². The Labute approximate surface area is 149 Å². The molecule has 132 valence electrons. The normalized spacial score (nSPS) is 24.1. The molecule has 4 rings (SSSR count). The van der Waals surface area contributed by atoms with Gasteiger partial charge in [-0.05, 0) is 43.9 Å². The summed E-state index contributed by atoms with van der Waals surface area (Å²) < 4.78 is 1.95. The fourth-order valence-corrected chi connectivity index (χ4v) is 4.24. The van der Waals surface area contributed by atoms with Crippen LogP contribution in [-0.2, 0) is 17.9 Å². The summed E-state index contributed by atoms with van der Waals surface area (Å²) in [5.41, 5.74) is 1.29. The molecule has 0 radical (unpaired) electrons. The number of hydrogen-bond donors (Lipinski definition) is 0. The van der Waals surface area contributed by atoms with Crippen LogP contribution in [0.2, 0.25) is 0 Å². The molecule has 3 heterocycles. The van der Waals surface area contributed by atoms with Crippen LogP contribution in [0.3, 0.4) is 0 Å². The largest absolute Gasteiger partial charge is 0.336 e. The van der Waals surface area contributed by atoms with Crippen LogP contribution in [0.4, 0.5) is 0 Å². The molecule has 1 aromatic carbocycles. The summed E-state index contributed by atoms with van der Waals surface area (Å²) in [5, 5.41) is 4.31. The summed E-state index contributed by atoms with van der Waals surface area (Å²) >= 11 is 0. The fourth-order valence-electron chi connectivity index (χ4n) is 4.24. The number of rotatable bonds is 5. The molecule has 2 fully saturated rings. The standard InChI is InChI=1S/C20H26N4O/c25-20(24-14-4-9-18(24)16-23-13-6-11-21-23)19-10-5-12-22(19)15-17-7-2-1-3-8-17/h1-3,6-8,11,13,18-19H,4-5,9-10,12,14-16H2/t18-,19+/m1/s1. The summed E-state index contributed by atoms with van der Waals surface area (Å²) in [4.78, 5) is 17.7. The zero-order chi connectivity index (χ0) is 17.1. The first kappa shape index (κ1) is 16.3. The second-order valence-corrected chi connectivity index (χ2v) is 7.17. The van der Waals surface area contributed by atoms with Crippen LogP contribution in [-0.4, -0.2) is 50.7 Å². The van der Waals surface area contributed by atoms with Gasteiger partial charge in [-0.15, -0.1) is 0 Å². The average Bonchev–Trinajstić information content (AvgIpc) is 3.38. The maximum atomic E-state index is 13.2. The Morgan fingerprint density at radius 1 is 1.08 bits per heavy atom. The van der Waals surface area contributed by atoms with E-state index in [9.17, 15) is 4.79 Å². The van der Waals surface area contributed by atoms with Gasteiger partial charge in [0, 0.05) is 25.5 Å². The van der Waals surface area contributed by atoms with E-state index in [0.717, 1.165) is 51.9 Å². The molecule has 2 atom stereocenters. The van der Waals surface area contributed by atoms with Gasteiger partial charge in [0.2, 0.25) is 5.91 Å². The number of carbonyl (C=O) groups is 1. The van der Waals surface area contributed by atoms with Crippen molar-refractivity contribution in [3.63, 3.8) is 0 Å². The van der Waals surface area contributed by atoms with Crippen LogP contribution in [0.25, 0.3) is 0 Å². The minimum atomic E-state index is 0.0402. The molecule has 1 amide bonds. The molecule has 2 saturated heterocycles. The van der Waals surface area contributed by atoms with E-state index in [1.807, 2.05) is 23.0 Å². The highest BCUT2D eigenvalue weighted by atomic mass is 16.2. The number of amides is 1. The lowest BCUT2D eigenvalue weighted by Crippen LogP contribution is -2.48. The molecule has 5 nitrogen and oxygen atoms in total. The predicted octanol–water partition coefficient (Wildman–Crippen LogP) is 2.54. The Balaban J connectivity index is 1.43. The SMILES string of the molecule is O=C([C@@H]1CCCN1Cc1ccccc1)N1CCC[C@@H]1Cn1cccn1. The molecule has 2 aliphatic heterocycles. The van der Waals surface area contributed by atoms with E-state index >= 15 is 0 Å². The lowest BCUT2D eigenvalue weighted by Gasteiger charge is -2.31. The Bertz CT molecular complexity index is 685. The minimum Gasteiger partial charge on any atom is -0.336 e. The molecule has 0 bridgehead atoms. The first-order valence-corrected chi connectivity index (χ1v) is 9.37. The highest BCUT2D eigenvalue weighted by Gasteiger charge is 2.38. The molecule has 1 aromatic heterocycles. The summed E-state index contributed by atoms with van der Waals surface area (Å²) in [5.74, 6) is 0.322. The molecule has 0 saturated carbocycles. The van der Waals surface area contributed by atoms with Gasteiger partial charge < -0.3 is 4.90 Å². The van der Waals surface area contributed by atoms with Gasteiger partial charge >= 0.3 is 0 Å². The van der Waals surface area contributed by atoms with Gasteiger partial charge in [0.1, 0.15) is 0 Å². The van der Waals surface area contributed by atoms with Crippen molar-refractivity contribution in [1.82, 2.24) is 19.6 Å². The zero-order valence-electron chi connectivity index (χ0n) is 14.6. The number of aromatic nitrogens is 2. The van der Waals surface area contributed by atoms with Crippen molar-refractivity contribution >= 4 is 5.91 Å². The van der Waals surface area contributed by atoms with E-state index in [1.54, 1.807) is 6.20 Å². The van der Waals surface area contributed by atoms with Crippen molar-refractivity contribution in [3.05, 3.63) is 54.4 Å². The zero-order valence-corrected chi connectivity index (χ0v) is 14.6. The van der Waals surface area contributed by atoms with Crippen LogP contribution in [0.5, 0.6) is 0 Å². The summed E-state index contributed by atoms with van der Waals surface area (Å²) in [6.45, 7) is 3.59. The summed E-state index contributed by atoms with van der Waals surface area (Å²) in [6.07, 6.45) is 8.07. The van der Waals surface area contributed by atoms with Crippen molar-refractivity contribution in [2.24, 2.45) is 0 Å². The number of hydrogen-bond acceptors (Lipinski definition) is 3. The lowest BCUT2D eigenvalue weighted by atomic mass is 10.1. The molecular formula is C20H26N4O. The van der Waals surface area contributed by atoms with E-state index in [1.165, 1.54) is 5.56 Å². The van der Waals surface area contributed by atoms with E-state index in [0.29, 0.717) is 5.91 Å². The first-order chi connectivity index (χ1) is 12.3. The Morgan fingerprint density at radius 2 is 1.92 bits per heavy atom. The first-order valence-electron chi connectivity index (χ1n) is 9.37. The molecular weight excluding hydrogens is 312 g/mol. The maximum Gasteiger partial charge on any atom is 0.240 e. The van der Waals surface area contributed by atoms with Gasteiger partial charge in [0.05, 0.1) is 18.6 Å². The Morgan fingerprint density at radius 3 is 2.72 bits per heavy atom. The van der Waals surface area contributed by atoms with Crippen LogP contribution in [0, 0.1) is 0 Å². The second kappa shape index (κ2) is 7.40. The summed E-state index contributed by atoms with van der Waals surface area (Å²) in [7, 11) is 0. The smallest absolute Gasteiger partial charge is 0.240 e. The van der Waals surface area contributed by atoms with Gasteiger partial charge in [0.15, 0.2) is 0 Å². The fraction of sp³-hybridized carbons (Fsp3) is 0.500. The lowest BCUT2D eigenvalue weighted by molar-refractivity contribution is -0.137. The molecule has 0 N–H and O–H groups in total. The number of carbonyl (C=O) groups excluding carboxylic acids is 1. The predicted molar refractivity (Wildman–Crippen MR) is 96.8 cm³/mol. The molecule has 0 spiro atoms. The van der Waals surface area contributed by atoms with Crippen molar-refractivity contribution in [2.45, 2.75) is 50.9 Å². The quantitative estimate of drug-likeness (QED) is 0.841. The van der Waals surface area contributed by atoms with Gasteiger partial charge in [-0.3, -0.25) is 14.4 Å². The second-order valence-electron chi connectivity index (χ2n) is 7.17. The topological polar surface area (TPSA) is 41.4 Å². The molecule has 25 heavy (non-hydrogen) atoms. The van der Waals surface area contributed by atoms with Crippen LogP contribution < -0.4 is 0 Å². The number of likely N-dealkylation sites (tertiary alicyclic amines) is 2. The van der Waals surface area contributed by atoms with Crippen molar-refractivity contribution in [2.75, 3.05) is 13.1 Å². The van der Waals surface area contributed by atoms with E-state index in [2.05, 4.69) is 39.2 Å². The molecule has 2 aliphatic rings. The number of nitrogens with zero attached hydrogens (tertiary/aromatic N) is 4. The van der Waals surface area contributed by atoms with Gasteiger partial charge in [-0.1, -0.05) is 30.3 Å². The average molecular weight is 338 g/mol. The Kier molecular flexibility index (Phi) is 4.83. The van der Waals surface area contributed by atoms with E-state index in [-0.39, 0.29) is 12.1 Å². The molecule has 0 aliphatic carbocycles. The highest BCUT2D eigenvalue weighted by molar-refractivity contribution is 5.82. The number of benzene rings is 1. The van der Waals surface area contributed by atoms with Crippen molar-refractivity contribution in [1.29, 1.82) is 0 Å². The summed E-state index contributed by atoms with van der Waals surface area (Å²) in [6, 6.07) is 12.8. The van der Waals surface area contributed by atoms with Gasteiger partial charge in [0.25, 0.3) is 0 Å². The Hall–Kier alpha value is -2.14. The third kappa shape index (κ3) is 3.61. The third-order valence-corrected chi connectivity index (χ3v) is 5.49. The van der Waals surface area contributed by atoms with Gasteiger partial charge in [-0.2, -0.15) is 5.10 Å². The van der Waals surface area contributed by atoms with Crippen molar-refractivity contribution < 1.29 is 4.79 Å². The monoisotopic (exact) mass is 338 g/mol. The maximum absolute atomic E-state index is 13.2.